The summed E-state index contributed by atoms with van der Waals surface area (Å²) in [5.41, 5.74) is 2.86. The predicted molar refractivity (Wildman–Crippen MR) is 106 cm³/mol. The molecule has 0 radical (unpaired) electrons. The van der Waals surface area contributed by atoms with Gasteiger partial charge in [0.2, 0.25) is 0 Å². The molecule has 28 heavy (non-hydrogen) atoms. The van der Waals surface area contributed by atoms with Gasteiger partial charge in [0.05, 0.1) is 10.6 Å². The maximum Gasteiger partial charge on any atom is 0.269 e. The zero-order valence-corrected chi connectivity index (χ0v) is 15.6. The van der Waals surface area contributed by atoms with Crippen LogP contribution in [0.5, 0.6) is 0 Å². The third-order valence-electron chi connectivity index (χ3n) is 4.83. The Balaban J connectivity index is 1.61. The van der Waals surface area contributed by atoms with Crippen molar-refractivity contribution >= 4 is 17.3 Å². The van der Waals surface area contributed by atoms with Gasteiger partial charge in [-0.1, -0.05) is 41.9 Å². The smallest absolute Gasteiger partial charge is 0.269 e. The summed E-state index contributed by atoms with van der Waals surface area (Å²) in [6.07, 6.45) is 0.569. The van der Waals surface area contributed by atoms with Crippen LogP contribution in [0.25, 0.3) is 11.4 Å². The second-order valence-corrected chi connectivity index (χ2v) is 7.11. The average Bonchev–Trinajstić information content (AvgIpc) is 2.70. The average molecular weight is 397 g/mol. The number of aromatic amines is 1. The highest BCUT2D eigenvalue weighted by molar-refractivity contribution is 6.31. The highest BCUT2D eigenvalue weighted by Gasteiger charge is 2.22. The molecule has 0 aliphatic carbocycles. The van der Waals surface area contributed by atoms with E-state index in [1.54, 1.807) is 6.07 Å². The van der Waals surface area contributed by atoms with Crippen molar-refractivity contribution in [3.8, 4) is 11.4 Å². The molecule has 0 saturated carbocycles. The number of aromatic nitrogens is 2. The van der Waals surface area contributed by atoms with Crippen LogP contribution in [0, 0.1) is 10.1 Å². The van der Waals surface area contributed by atoms with Gasteiger partial charge >= 0.3 is 0 Å². The van der Waals surface area contributed by atoms with Crippen molar-refractivity contribution in [1.82, 2.24) is 14.9 Å². The van der Waals surface area contributed by atoms with E-state index in [0.717, 1.165) is 11.3 Å². The molecule has 1 aliphatic heterocycles. The molecular formula is C20H17ClN4O3. The number of non-ortho nitro benzene ring substituents is 1. The van der Waals surface area contributed by atoms with Crippen molar-refractivity contribution in [1.29, 1.82) is 0 Å². The number of hydrogen-bond donors (Lipinski definition) is 1. The number of nitro groups is 1. The number of hydrogen-bond acceptors (Lipinski definition) is 5. The number of nitrogens with zero attached hydrogens (tertiary/aromatic N) is 3. The molecule has 1 aromatic heterocycles. The fraction of sp³-hybridized carbons (Fsp3) is 0.200. The molecule has 3 aromatic rings. The highest BCUT2D eigenvalue weighted by atomic mass is 35.5. The Morgan fingerprint density at radius 3 is 2.75 bits per heavy atom. The summed E-state index contributed by atoms with van der Waals surface area (Å²) >= 11 is 6.23. The first kappa shape index (κ1) is 18.3. The van der Waals surface area contributed by atoms with Crippen molar-refractivity contribution in [2.45, 2.75) is 19.5 Å². The number of nitro benzene ring substituents is 1. The molecule has 0 fully saturated rings. The first-order valence-corrected chi connectivity index (χ1v) is 9.22. The molecule has 1 N–H and O–H groups in total. The van der Waals surface area contributed by atoms with Crippen molar-refractivity contribution in [2.75, 3.05) is 6.54 Å². The molecule has 8 heteroatoms. The van der Waals surface area contributed by atoms with Crippen molar-refractivity contribution in [2.24, 2.45) is 0 Å². The Labute approximate surface area is 165 Å². The molecule has 2 heterocycles. The van der Waals surface area contributed by atoms with E-state index < -0.39 is 4.92 Å². The number of halogens is 1. The van der Waals surface area contributed by atoms with Crippen LogP contribution in [0.3, 0.4) is 0 Å². The molecule has 0 amide bonds. The molecule has 7 nitrogen and oxygen atoms in total. The van der Waals surface area contributed by atoms with Gasteiger partial charge in [-0.15, -0.1) is 0 Å². The maximum absolute atomic E-state index is 12.5. The van der Waals surface area contributed by atoms with E-state index in [9.17, 15) is 14.9 Å². The van der Waals surface area contributed by atoms with Crippen LogP contribution >= 0.6 is 11.6 Å². The minimum atomic E-state index is -0.432. The van der Waals surface area contributed by atoms with E-state index in [1.807, 2.05) is 30.3 Å². The van der Waals surface area contributed by atoms with Crippen LogP contribution in [0.2, 0.25) is 5.02 Å². The lowest BCUT2D eigenvalue weighted by molar-refractivity contribution is -0.384. The molecule has 0 atom stereocenters. The molecule has 4 rings (SSSR count). The van der Waals surface area contributed by atoms with Crippen LogP contribution in [0.1, 0.15) is 16.8 Å². The normalized spacial score (nSPS) is 13.9. The molecule has 0 bridgehead atoms. The minimum absolute atomic E-state index is 0.0118. The van der Waals surface area contributed by atoms with E-state index in [1.165, 1.54) is 12.1 Å². The fourth-order valence-corrected chi connectivity index (χ4v) is 3.58. The van der Waals surface area contributed by atoms with E-state index in [0.29, 0.717) is 48.0 Å². The summed E-state index contributed by atoms with van der Waals surface area (Å²) in [5, 5.41) is 11.5. The Hall–Kier alpha value is -3.03. The summed E-state index contributed by atoms with van der Waals surface area (Å²) in [6.45, 7) is 1.59. The highest BCUT2D eigenvalue weighted by Crippen LogP contribution is 2.26. The van der Waals surface area contributed by atoms with Gasteiger partial charge in [0.15, 0.2) is 0 Å². The van der Waals surface area contributed by atoms with Crippen LogP contribution in [-0.4, -0.2) is 26.3 Å². The van der Waals surface area contributed by atoms with E-state index >= 15 is 0 Å². The van der Waals surface area contributed by atoms with Crippen molar-refractivity contribution in [3.05, 3.63) is 90.8 Å². The number of H-pyrrole nitrogens is 1. The zero-order valence-electron chi connectivity index (χ0n) is 14.9. The standard InChI is InChI=1S/C20H17ClN4O3/c21-17-7-6-15(25(27)28)10-14(17)11-24-9-8-16-18(12-24)22-19(23-20(16)26)13-4-2-1-3-5-13/h1-7,10H,8-9,11-12H2,(H,22,23,26). The lowest BCUT2D eigenvalue weighted by Crippen LogP contribution is -2.35. The first-order chi connectivity index (χ1) is 13.5. The second kappa shape index (κ2) is 7.53. The quantitative estimate of drug-likeness (QED) is 0.537. The molecule has 1 aliphatic rings. The van der Waals surface area contributed by atoms with Gasteiger partial charge in [-0.3, -0.25) is 19.8 Å². The van der Waals surface area contributed by atoms with Crippen LogP contribution in [0.15, 0.2) is 53.3 Å². The molecule has 0 unspecified atom stereocenters. The Kier molecular flexibility index (Phi) is 4.93. The SMILES string of the molecule is O=c1[nH]c(-c2ccccc2)nc2c1CCN(Cc1cc([N+](=O)[O-])ccc1Cl)C2. The number of nitrogens with one attached hydrogen (secondary N) is 1. The van der Waals surface area contributed by atoms with Crippen LogP contribution in [-0.2, 0) is 19.5 Å². The Morgan fingerprint density at radius 1 is 1.21 bits per heavy atom. The number of benzene rings is 2. The molecular weight excluding hydrogens is 380 g/mol. The summed E-state index contributed by atoms with van der Waals surface area (Å²) in [4.78, 5) is 32.7. The minimum Gasteiger partial charge on any atom is -0.306 e. The molecule has 142 valence electrons. The van der Waals surface area contributed by atoms with Gasteiger partial charge in [-0.2, -0.15) is 0 Å². The maximum atomic E-state index is 12.5. The van der Waals surface area contributed by atoms with E-state index in [-0.39, 0.29) is 11.2 Å². The third-order valence-corrected chi connectivity index (χ3v) is 5.20. The van der Waals surface area contributed by atoms with E-state index in [4.69, 9.17) is 11.6 Å². The lowest BCUT2D eigenvalue weighted by atomic mass is 10.0. The van der Waals surface area contributed by atoms with E-state index in [2.05, 4.69) is 14.9 Å². The largest absolute Gasteiger partial charge is 0.306 e. The van der Waals surface area contributed by atoms with Crippen molar-refractivity contribution in [3.63, 3.8) is 0 Å². The van der Waals surface area contributed by atoms with Gasteiger partial charge in [-0.25, -0.2) is 4.98 Å². The number of rotatable bonds is 4. The van der Waals surface area contributed by atoms with Crippen molar-refractivity contribution < 1.29 is 4.92 Å². The van der Waals surface area contributed by atoms with Gasteiger partial charge in [0.25, 0.3) is 11.2 Å². The topological polar surface area (TPSA) is 92.1 Å². The van der Waals surface area contributed by atoms with Crippen LogP contribution in [0.4, 0.5) is 5.69 Å². The van der Waals surface area contributed by atoms with Gasteiger partial charge in [0.1, 0.15) is 5.82 Å². The molecule has 2 aromatic carbocycles. The Bertz CT molecular complexity index is 1100. The summed E-state index contributed by atoms with van der Waals surface area (Å²) in [5.74, 6) is 0.541. The Morgan fingerprint density at radius 2 is 2.00 bits per heavy atom. The summed E-state index contributed by atoms with van der Waals surface area (Å²) in [6, 6.07) is 13.9. The monoisotopic (exact) mass is 396 g/mol. The zero-order chi connectivity index (χ0) is 19.7. The predicted octanol–water partition coefficient (Wildman–Crippen LogP) is 3.56. The first-order valence-electron chi connectivity index (χ1n) is 8.84. The molecule has 0 spiro atoms. The van der Waals surface area contributed by atoms with Crippen LogP contribution < -0.4 is 5.56 Å². The second-order valence-electron chi connectivity index (χ2n) is 6.70. The number of fused-ring (bicyclic) bond motifs is 1. The summed E-state index contributed by atoms with van der Waals surface area (Å²) in [7, 11) is 0. The summed E-state index contributed by atoms with van der Waals surface area (Å²) < 4.78 is 0. The molecule has 0 saturated heterocycles. The van der Waals surface area contributed by atoms with Gasteiger partial charge in [-0.05, 0) is 18.1 Å². The van der Waals surface area contributed by atoms with Gasteiger partial charge in [0, 0.05) is 47.9 Å². The lowest BCUT2D eigenvalue weighted by Gasteiger charge is -2.28. The van der Waals surface area contributed by atoms with Gasteiger partial charge < -0.3 is 4.98 Å². The third kappa shape index (κ3) is 3.67. The fourth-order valence-electron chi connectivity index (χ4n) is 3.40.